The summed E-state index contributed by atoms with van der Waals surface area (Å²) in [6.07, 6.45) is 1.06. The number of anilines is 1. The SMILES string of the molecule is CCCn1c(CN2CCN(CC)CC2)nc2cc(NC(=O)c3ccccc3C)ccc21. The molecule has 6 nitrogen and oxygen atoms in total. The lowest BCUT2D eigenvalue weighted by Gasteiger charge is -2.33. The van der Waals surface area contributed by atoms with Crippen LogP contribution < -0.4 is 5.32 Å². The van der Waals surface area contributed by atoms with E-state index in [1.54, 1.807) is 0 Å². The molecule has 1 N–H and O–H groups in total. The van der Waals surface area contributed by atoms with Crippen LogP contribution in [0.2, 0.25) is 0 Å². The third-order valence-electron chi connectivity index (χ3n) is 6.20. The first-order valence-electron chi connectivity index (χ1n) is 11.4. The number of nitrogens with one attached hydrogen (secondary N) is 1. The highest BCUT2D eigenvalue weighted by molar-refractivity contribution is 6.05. The topological polar surface area (TPSA) is 53.4 Å². The van der Waals surface area contributed by atoms with E-state index in [4.69, 9.17) is 4.98 Å². The summed E-state index contributed by atoms with van der Waals surface area (Å²) in [4.78, 5) is 22.7. The molecule has 0 unspecified atom stereocenters. The van der Waals surface area contributed by atoms with Crippen molar-refractivity contribution in [1.82, 2.24) is 19.4 Å². The van der Waals surface area contributed by atoms with Crippen LogP contribution >= 0.6 is 0 Å². The van der Waals surface area contributed by atoms with E-state index in [-0.39, 0.29) is 5.91 Å². The van der Waals surface area contributed by atoms with Crippen molar-refractivity contribution >= 4 is 22.6 Å². The summed E-state index contributed by atoms with van der Waals surface area (Å²) in [5.41, 5.74) is 4.53. The molecule has 0 spiro atoms. The zero-order valence-electron chi connectivity index (χ0n) is 18.9. The molecule has 6 heteroatoms. The highest BCUT2D eigenvalue weighted by Crippen LogP contribution is 2.23. The molecule has 1 saturated heterocycles. The molecule has 2 aromatic carbocycles. The fraction of sp³-hybridized carbons (Fsp3) is 0.440. The van der Waals surface area contributed by atoms with E-state index in [0.29, 0.717) is 5.56 Å². The van der Waals surface area contributed by atoms with Gasteiger partial charge in [0.05, 0.1) is 17.6 Å². The fourth-order valence-electron chi connectivity index (χ4n) is 4.34. The second-order valence-electron chi connectivity index (χ2n) is 8.36. The van der Waals surface area contributed by atoms with Crippen molar-refractivity contribution in [2.45, 2.75) is 40.3 Å². The predicted molar refractivity (Wildman–Crippen MR) is 127 cm³/mol. The molecule has 3 aromatic rings. The third kappa shape index (κ3) is 4.81. The van der Waals surface area contributed by atoms with Crippen LogP contribution in [0.4, 0.5) is 5.69 Å². The molecule has 0 bridgehead atoms. The van der Waals surface area contributed by atoms with Gasteiger partial charge in [0, 0.05) is 44.0 Å². The van der Waals surface area contributed by atoms with Crippen LogP contribution in [0.1, 0.15) is 42.0 Å². The largest absolute Gasteiger partial charge is 0.327 e. The number of rotatable bonds is 7. The summed E-state index contributed by atoms with van der Waals surface area (Å²) in [6.45, 7) is 13.8. The Kier molecular flexibility index (Phi) is 6.68. The summed E-state index contributed by atoms with van der Waals surface area (Å²) < 4.78 is 2.34. The van der Waals surface area contributed by atoms with Crippen LogP contribution in [0.25, 0.3) is 11.0 Å². The number of amides is 1. The molecular formula is C25H33N5O. The summed E-state index contributed by atoms with van der Waals surface area (Å²) in [5.74, 6) is 1.03. The molecular weight excluding hydrogens is 386 g/mol. The van der Waals surface area contributed by atoms with Crippen molar-refractivity contribution in [3.05, 3.63) is 59.4 Å². The first-order chi connectivity index (χ1) is 15.1. The summed E-state index contributed by atoms with van der Waals surface area (Å²) in [7, 11) is 0. The lowest BCUT2D eigenvalue weighted by atomic mass is 10.1. The maximum Gasteiger partial charge on any atom is 0.255 e. The molecule has 2 heterocycles. The van der Waals surface area contributed by atoms with Crippen LogP contribution in [0.3, 0.4) is 0 Å². The van der Waals surface area contributed by atoms with Crippen molar-refractivity contribution < 1.29 is 4.79 Å². The zero-order chi connectivity index (χ0) is 21.8. The first kappa shape index (κ1) is 21.5. The van der Waals surface area contributed by atoms with Gasteiger partial charge in [0.25, 0.3) is 5.91 Å². The van der Waals surface area contributed by atoms with Gasteiger partial charge < -0.3 is 14.8 Å². The molecule has 0 atom stereocenters. The normalized spacial score (nSPS) is 15.5. The number of carbonyl (C=O) groups is 1. The predicted octanol–water partition coefficient (Wildman–Crippen LogP) is 4.14. The van der Waals surface area contributed by atoms with Gasteiger partial charge in [-0.15, -0.1) is 0 Å². The van der Waals surface area contributed by atoms with E-state index in [1.165, 1.54) is 0 Å². The van der Waals surface area contributed by atoms with Gasteiger partial charge in [-0.1, -0.05) is 32.0 Å². The second-order valence-corrected chi connectivity index (χ2v) is 8.36. The number of hydrogen-bond acceptors (Lipinski definition) is 4. The minimum Gasteiger partial charge on any atom is -0.327 e. The third-order valence-corrected chi connectivity index (χ3v) is 6.20. The number of fused-ring (bicyclic) bond motifs is 1. The zero-order valence-corrected chi connectivity index (χ0v) is 18.9. The molecule has 1 aromatic heterocycles. The van der Waals surface area contributed by atoms with Crippen LogP contribution in [0.15, 0.2) is 42.5 Å². The van der Waals surface area contributed by atoms with E-state index in [9.17, 15) is 4.79 Å². The van der Waals surface area contributed by atoms with Gasteiger partial charge in [0.15, 0.2) is 0 Å². The Morgan fingerprint density at radius 3 is 2.48 bits per heavy atom. The standard InChI is InChI=1S/C25H33N5O/c1-4-12-30-23-11-10-20(26-25(31)21-9-7-6-8-19(21)3)17-22(23)27-24(30)18-29-15-13-28(5-2)14-16-29/h6-11,17H,4-5,12-16,18H2,1-3H3,(H,26,31). The van der Waals surface area contributed by atoms with E-state index in [1.807, 2.05) is 43.3 Å². The van der Waals surface area contributed by atoms with Gasteiger partial charge in [0.1, 0.15) is 5.82 Å². The molecule has 31 heavy (non-hydrogen) atoms. The number of imidazole rings is 1. The Balaban J connectivity index is 1.55. The van der Waals surface area contributed by atoms with Gasteiger partial charge in [-0.05, 0) is 49.7 Å². The maximum absolute atomic E-state index is 12.7. The van der Waals surface area contributed by atoms with Crippen molar-refractivity contribution in [2.24, 2.45) is 0 Å². The van der Waals surface area contributed by atoms with Gasteiger partial charge in [-0.2, -0.15) is 0 Å². The van der Waals surface area contributed by atoms with Crippen molar-refractivity contribution in [2.75, 3.05) is 38.0 Å². The minimum atomic E-state index is -0.0838. The average Bonchev–Trinajstić information content (AvgIpc) is 3.11. The van der Waals surface area contributed by atoms with E-state index in [2.05, 4.69) is 39.6 Å². The van der Waals surface area contributed by atoms with Crippen molar-refractivity contribution in [3.63, 3.8) is 0 Å². The minimum absolute atomic E-state index is 0.0838. The quantitative estimate of drug-likeness (QED) is 0.625. The number of hydrogen-bond donors (Lipinski definition) is 1. The lowest BCUT2D eigenvalue weighted by molar-refractivity contribution is 0.102. The van der Waals surface area contributed by atoms with E-state index >= 15 is 0 Å². The molecule has 0 saturated carbocycles. The van der Waals surface area contributed by atoms with E-state index in [0.717, 1.165) is 80.3 Å². The molecule has 0 radical (unpaired) electrons. The summed E-state index contributed by atoms with van der Waals surface area (Å²) >= 11 is 0. The van der Waals surface area contributed by atoms with Crippen molar-refractivity contribution in [1.29, 1.82) is 0 Å². The van der Waals surface area contributed by atoms with Crippen LogP contribution in [0, 0.1) is 6.92 Å². The number of nitrogens with zero attached hydrogens (tertiary/aromatic N) is 4. The average molecular weight is 420 g/mol. The molecule has 1 aliphatic heterocycles. The Labute approximate surface area is 184 Å². The smallest absolute Gasteiger partial charge is 0.255 e. The second kappa shape index (κ2) is 9.62. The molecule has 1 amide bonds. The lowest BCUT2D eigenvalue weighted by Crippen LogP contribution is -2.45. The van der Waals surface area contributed by atoms with Gasteiger partial charge in [0.2, 0.25) is 0 Å². The Bertz CT molecular complexity index is 1050. The van der Waals surface area contributed by atoms with Crippen LogP contribution in [-0.2, 0) is 13.1 Å². The Morgan fingerprint density at radius 1 is 1.03 bits per heavy atom. The molecule has 1 fully saturated rings. The summed E-state index contributed by atoms with van der Waals surface area (Å²) in [5, 5.41) is 3.04. The number of aryl methyl sites for hydroxylation is 2. The summed E-state index contributed by atoms with van der Waals surface area (Å²) in [6, 6.07) is 13.7. The first-order valence-corrected chi connectivity index (χ1v) is 11.4. The molecule has 0 aliphatic carbocycles. The fourth-order valence-corrected chi connectivity index (χ4v) is 4.34. The van der Waals surface area contributed by atoms with Gasteiger partial charge in [-0.3, -0.25) is 9.69 Å². The Hall–Kier alpha value is -2.70. The number of benzene rings is 2. The number of aromatic nitrogens is 2. The van der Waals surface area contributed by atoms with Gasteiger partial charge in [-0.25, -0.2) is 4.98 Å². The van der Waals surface area contributed by atoms with E-state index < -0.39 is 0 Å². The molecule has 4 rings (SSSR count). The molecule has 164 valence electrons. The monoisotopic (exact) mass is 419 g/mol. The number of carbonyl (C=O) groups excluding carboxylic acids is 1. The highest BCUT2D eigenvalue weighted by atomic mass is 16.1. The number of likely N-dealkylation sites (N-methyl/N-ethyl adjacent to an activating group) is 1. The number of piperazine rings is 1. The molecule has 1 aliphatic rings. The maximum atomic E-state index is 12.7. The highest BCUT2D eigenvalue weighted by Gasteiger charge is 2.19. The van der Waals surface area contributed by atoms with Crippen LogP contribution in [-0.4, -0.2) is 58.0 Å². The van der Waals surface area contributed by atoms with Gasteiger partial charge >= 0.3 is 0 Å². The Morgan fingerprint density at radius 2 is 1.77 bits per heavy atom. The van der Waals surface area contributed by atoms with Crippen LogP contribution in [0.5, 0.6) is 0 Å². The van der Waals surface area contributed by atoms with Crippen molar-refractivity contribution in [3.8, 4) is 0 Å².